The Bertz CT molecular complexity index is 469. The van der Waals surface area contributed by atoms with Crippen molar-refractivity contribution < 1.29 is 4.39 Å². The van der Waals surface area contributed by atoms with E-state index in [4.69, 9.17) is 0 Å². The predicted octanol–water partition coefficient (Wildman–Crippen LogP) is 6.51. The van der Waals surface area contributed by atoms with Gasteiger partial charge in [0, 0.05) is 0 Å². The van der Waals surface area contributed by atoms with E-state index in [0.717, 1.165) is 37.5 Å². The number of alkyl halides is 1. The molecule has 2 fully saturated rings. The van der Waals surface area contributed by atoms with E-state index in [0.29, 0.717) is 11.8 Å². The Morgan fingerprint density at radius 3 is 2.22 bits per heavy atom. The third-order valence-electron chi connectivity index (χ3n) is 6.60. The fourth-order valence-electron chi connectivity index (χ4n) is 4.83. The van der Waals surface area contributed by atoms with Crippen molar-refractivity contribution in [3.63, 3.8) is 0 Å². The zero-order chi connectivity index (χ0) is 16.2. The topological polar surface area (TPSA) is 0 Å². The van der Waals surface area contributed by atoms with Crippen LogP contribution in [0.1, 0.15) is 69.4 Å². The summed E-state index contributed by atoms with van der Waals surface area (Å²) < 4.78 is 14.7. The van der Waals surface area contributed by atoms with E-state index in [1.54, 1.807) is 0 Å². The summed E-state index contributed by atoms with van der Waals surface area (Å²) in [7, 11) is 0. The van der Waals surface area contributed by atoms with Gasteiger partial charge in [0.1, 0.15) is 6.17 Å². The molecule has 1 heteroatoms. The Balaban J connectivity index is 1.46. The molecule has 0 bridgehead atoms. The number of benzene rings is 1. The molecule has 0 heterocycles. The highest BCUT2D eigenvalue weighted by molar-refractivity contribution is 5.21. The van der Waals surface area contributed by atoms with Gasteiger partial charge in [-0.25, -0.2) is 4.39 Å². The molecule has 128 valence electrons. The second kappa shape index (κ2) is 7.81. The SMILES string of the molecule is Cc1ccc(CC[C@H]2CCC(C3CCC(C)CC3)CC2F)cc1. The molecule has 2 saturated carbocycles. The molecular weight excluding hydrogens is 283 g/mol. The maximum atomic E-state index is 14.7. The lowest BCUT2D eigenvalue weighted by molar-refractivity contribution is 0.0744. The van der Waals surface area contributed by atoms with Gasteiger partial charge < -0.3 is 0 Å². The van der Waals surface area contributed by atoms with Gasteiger partial charge in [0.05, 0.1) is 0 Å². The number of rotatable bonds is 4. The van der Waals surface area contributed by atoms with E-state index in [9.17, 15) is 4.39 Å². The van der Waals surface area contributed by atoms with Crippen LogP contribution in [0.25, 0.3) is 0 Å². The summed E-state index contributed by atoms with van der Waals surface area (Å²) >= 11 is 0. The normalized spacial score (nSPS) is 35.2. The Morgan fingerprint density at radius 2 is 1.57 bits per heavy atom. The van der Waals surface area contributed by atoms with Crippen molar-refractivity contribution in [3.05, 3.63) is 35.4 Å². The van der Waals surface area contributed by atoms with Crippen LogP contribution in [0, 0.1) is 30.6 Å². The van der Waals surface area contributed by atoms with Gasteiger partial charge in [-0.05, 0) is 81.1 Å². The van der Waals surface area contributed by atoms with Crippen LogP contribution < -0.4 is 0 Å². The van der Waals surface area contributed by atoms with Gasteiger partial charge in [0.15, 0.2) is 0 Å². The summed E-state index contributed by atoms with van der Waals surface area (Å²) in [6.45, 7) is 4.49. The molecule has 1 aromatic carbocycles. The standard InChI is InChI=1S/C22H33F/c1-16-3-7-18(8-4-16)9-12-20-13-14-21(15-22(20)23)19-10-5-17(2)6-11-19/h3-4,7-8,17,19-22H,5-6,9-15H2,1-2H3/t17?,19?,20-,21?,22?/m0/s1. The van der Waals surface area contributed by atoms with Gasteiger partial charge >= 0.3 is 0 Å². The van der Waals surface area contributed by atoms with Crippen molar-refractivity contribution in [1.29, 1.82) is 0 Å². The molecule has 0 radical (unpaired) electrons. The molecule has 0 saturated heterocycles. The zero-order valence-corrected chi connectivity index (χ0v) is 14.9. The number of hydrogen-bond acceptors (Lipinski definition) is 0. The third kappa shape index (κ3) is 4.58. The highest BCUT2D eigenvalue weighted by Crippen LogP contribution is 2.43. The van der Waals surface area contributed by atoms with Gasteiger partial charge in [-0.2, -0.15) is 0 Å². The molecule has 23 heavy (non-hydrogen) atoms. The Morgan fingerprint density at radius 1 is 0.913 bits per heavy atom. The first-order valence-corrected chi connectivity index (χ1v) is 9.81. The summed E-state index contributed by atoms with van der Waals surface area (Å²) in [5.74, 6) is 2.70. The van der Waals surface area contributed by atoms with Crippen molar-refractivity contribution in [2.75, 3.05) is 0 Å². The monoisotopic (exact) mass is 316 g/mol. The van der Waals surface area contributed by atoms with Gasteiger partial charge in [0.2, 0.25) is 0 Å². The molecule has 2 unspecified atom stereocenters. The maximum Gasteiger partial charge on any atom is 0.103 e. The van der Waals surface area contributed by atoms with E-state index in [2.05, 4.69) is 38.1 Å². The lowest BCUT2D eigenvalue weighted by atomic mass is 9.68. The molecule has 2 aliphatic rings. The molecule has 0 aromatic heterocycles. The first-order valence-electron chi connectivity index (χ1n) is 9.81. The highest BCUT2D eigenvalue weighted by atomic mass is 19.1. The molecule has 2 aliphatic carbocycles. The van der Waals surface area contributed by atoms with Crippen LogP contribution >= 0.6 is 0 Å². The second-order valence-corrected chi connectivity index (χ2v) is 8.39. The van der Waals surface area contributed by atoms with Crippen LogP contribution in [0.5, 0.6) is 0 Å². The molecule has 1 aromatic rings. The number of aryl methyl sites for hydroxylation is 2. The van der Waals surface area contributed by atoms with Crippen LogP contribution in [-0.2, 0) is 6.42 Å². The molecule has 3 atom stereocenters. The zero-order valence-electron chi connectivity index (χ0n) is 14.9. The third-order valence-corrected chi connectivity index (χ3v) is 6.60. The van der Waals surface area contributed by atoms with Gasteiger partial charge in [-0.15, -0.1) is 0 Å². The quantitative estimate of drug-likeness (QED) is 0.594. The Labute approximate surface area is 141 Å². The first kappa shape index (κ1) is 17.0. The first-order chi connectivity index (χ1) is 11.1. The lowest BCUT2D eigenvalue weighted by Gasteiger charge is -2.39. The van der Waals surface area contributed by atoms with Crippen LogP contribution in [0.15, 0.2) is 24.3 Å². The van der Waals surface area contributed by atoms with Crippen molar-refractivity contribution >= 4 is 0 Å². The van der Waals surface area contributed by atoms with Crippen molar-refractivity contribution in [2.24, 2.45) is 23.7 Å². The molecule has 0 amide bonds. The number of hydrogen-bond donors (Lipinski definition) is 0. The average molecular weight is 317 g/mol. The van der Waals surface area contributed by atoms with E-state index < -0.39 is 6.17 Å². The molecule has 3 rings (SSSR count). The summed E-state index contributed by atoms with van der Waals surface area (Å²) in [4.78, 5) is 0. The van der Waals surface area contributed by atoms with Crippen LogP contribution in [0.2, 0.25) is 0 Å². The number of halogens is 1. The van der Waals surface area contributed by atoms with E-state index in [-0.39, 0.29) is 0 Å². The molecular formula is C22H33F. The van der Waals surface area contributed by atoms with Crippen LogP contribution in [0.4, 0.5) is 4.39 Å². The largest absolute Gasteiger partial charge is 0.247 e. The summed E-state index contributed by atoms with van der Waals surface area (Å²) in [6.07, 6.45) is 10.2. The minimum atomic E-state index is -0.557. The van der Waals surface area contributed by atoms with Crippen LogP contribution in [0.3, 0.4) is 0 Å². The molecule has 0 N–H and O–H groups in total. The minimum Gasteiger partial charge on any atom is -0.247 e. The minimum absolute atomic E-state index is 0.301. The molecule has 0 spiro atoms. The van der Waals surface area contributed by atoms with Gasteiger partial charge in [0.25, 0.3) is 0 Å². The van der Waals surface area contributed by atoms with Crippen molar-refractivity contribution in [1.82, 2.24) is 0 Å². The summed E-state index contributed by atoms with van der Waals surface area (Å²) in [5, 5.41) is 0. The summed E-state index contributed by atoms with van der Waals surface area (Å²) in [5.41, 5.74) is 2.67. The highest BCUT2D eigenvalue weighted by Gasteiger charge is 2.35. The lowest BCUT2D eigenvalue weighted by Crippen LogP contribution is -2.32. The maximum absolute atomic E-state index is 14.7. The fraction of sp³-hybridized carbons (Fsp3) is 0.727. The Kier molecular flexibility index (Phi) is 5.77. The van der Waals surface area contributed by atoms with E-state index in [1.807, 2.05) is 0 Å². The van der Waals surface area contributed by atoms with Crippen molar-refractivity contribution in [3.8, 4) is 0 Å². The molecule has 0 aliphatic heterocycles. The van der Waals surface area contributed by atoms with Gasteiger partial charge in [-0.3, -0.25) is 0 Å². The molecule has 0 nitrogen and oxygen atoms in total. The van der Waals surface area contributed by atoms with E-state index in [1.165, 1.54) is 43.2 Å². The average Bonchev–Trinajstić information content (AvgIpc) is 2.56. The van der Waals surface area contributed by atoms with Crippen LogP contribution in [-0.4, -0.2) is 6.17 Å². The Hall–Kier alpha value is -0.850. The summed E-state index contributed by atoms with van der Waals surface area (Å²) in [6, 6.07) is 8.75. The van der Waals surface area contributed by atoms with E-state index >= 15 is 0 Å². The second-order valence-electron chi connectivity index (χ2n) is 8.39. The van der Waals surface area contributed by atoms with Crippen molar-refractivity contribution in [2.45, 2.75) is 77.8 Å². The van der Waals surface area contributed by atoms with Gasteiger partial charge in [-0.1, -0.05) is 49.6 Å². The predicted molar refractivity (Wildman–Crippen MR) is 96.3 cm³/mol. The smallest absolute Gasteiger partial charge is 0.103 e. The fourth-order valence-corrected chi connectivity index (χ4v) is 4.83.